The molecule has 0 aromatic heterocycles. The second kappa shape index (κ2) is 6.30. The van der Waals surface area contributed by atoms with Crippen molar-refractivity contribution in [2.75, 3.05) is 26.3 Å². The van der Waals surface area contributed by atoms with Crippen LogP contribution in [0, 0.1) is 0 Å². The molecule has 116 valence electrons. The van der Waals surface area contributed by atoms with Gasteiger partial charge in [-0.3, -0.25) is 4.90 Å². The van der Waals surface area contributed by atoms with E-state index < -0.39 is 0 Å². The van der Waals surface area contributed by atoms with Crippen LogP contribution in [-0.2, 0) is 4.74 Å². The highest BCUT2D eigenvalue weighted by atomic mass is 16.5. The molecule has 0 amide bonds. The molecular weight excluding hydrogens is 252 g/mol. The average Bonchev–Trinajstić information content (AvgIpc) is 2.92. The molecule has 3 rings (SSSR count). The van der Waals surface area contributed by atoms with E-state index in [9.17, 15) is 5.11 Å². The summed E-state index contributed by atoms with van der Waals surface area (Å²) in [7, 11) is 0. The van der Waals surface area contributed by atoms with E-state index in [1.807, 2.05) is 0 Å². The van der Waals surface area contributed by atoms with Crippen LogP contribution in [0.25, 0.3) is 0 Å². The predicted octanol–water partition coefficient (Wildman–Crippen LogP) is 1.52. The Morgan fingerprint density at radius 1 is 1.30 bits per heavy atom. The quantitative estimate of drug-likeness (QED) is 0.821. The molecule has 0 aromatic carbocycles. The second-order valence-electron chi connectivity index (χ2n) is 6.86. The monoisotopic (exact) mass is 282 g/mol. The first-order chi connectivity index (χ1) is 9.78. The van der Waals surface area contributed by atoms with Crippen molar-refractivity contribution in [3.05, 3.63) is 0 Å². The Balaban J connectivity index is 1.66. The summed E-state index contributed by atoms with van der Waals surface area (Å²) in [6.45, 7) is 5.33. The molecule has 3 aliphatic rings. The minimum Gasteiger partial charge on any atom is -0.394 e. The lowest BCUT2D eigenvalue weighted by Gasteiger charge is -2.47. The molecule has 2 saturated carbocycles. The van der Waals surface area contributed by atoms with Crippen LogP contribution >= 0.6 is 0 Å². The van der Waals surface area contributed by atoms with Crippen molar-refractivity contribution in [2.24, 2.45) is 0 Å². The van der Waals surface area contributed by atoms with Crippen LogP contribution in [0.1, 0.15) is 51.9 Å². The van der Waals surface area contributed by atoms with Crippen LogP contribution < -0.4 is 5.32 Å². The minimum absolute atomic E-state index is 0.0259. The van der Waals surface area contributed by atoms with E-state index in [0.717, 1.165) is 32.5 Å². The van der Waals surface area contributed by atoms with E-state index in [1.165, 1.54) is 32.1 Å². The van der Waals surface area contributed by atoms with Crippen molar-refractivity contribution in [3.63, 3.8) is 0 Å². The lowest BCUT2D eigenvalue weighted by atomic mass is 9.88. The van der Waals surface area contributed by atoms with E-state index in [1.54, 1.807) is 0 Å². The maximum absolute atomic E-state index is 9.79. The first kappa shape index (κ1) is 14.8. The Morgan fingerprint density at radius 3 is 2.95 bits per heavy atom. The van der Waals surface area contributed by atoms with E-state index in [2.05, 4.69) is 17.1 Å². The van der Waals surface area contributed by atoms with Gasteiger partial charge in [0.2, 0.25) is 0 Å². The molecule has 4 unspecified atom stereocenters. The molecule has 0 spiro atoms. The van der Waals surface area contributed by atoms with E-state index in [-0.39, 0.29) is 12.1 Å². The Bertz CT molecular complexity index is 324. The normalized spacial score (nSPS) is 42.6. The standard InChI is InChI=1S/C16H30N2O2/c1-2-17-16(12-19)8-7-13(11-16)18-9-10-20-15-6-4-3-5-14(15)18/h13-15,17,19H,2-12H2,1H3. The number of nitrogens with one attached hydrogen (secondary N) is 1. The van der Waals surface area contributed by atoms with Crippen molar-refractivity contribution in [2.45, 2.75) is 75.6 Å². The largest absolute Gasteiger partial charge is 0.394 e. The highest BCUT2D eigenvalue weighted by molar-refractivity contribution is 5.02. The maximum Gasteiger partial charge on any atom is 0.0731 e. The Morgan fingerprint density at radius 2 is 2.15 bits per heavy atom. The number of hydrogen-bond acceptors (Lipinski definition) is 4. The number of aliphatic hydroxyl groups excluding tert-OH is 1. The summed E-state index contributed by atoms with van der Waals surface area (Å²) in [4.78, 5) is 2.72. The number of ether oxygens (including phenoxy) is 1. The topological polar surface area (TPSA) is 44.7 Å². The van der Waals surface area contributed by atoms with Crippen molar-refractivity contribution in [1.29, 1.82) is 0 Å². The molecule has 4 atom stereocenters. The predicted molar refractivity (Wildman–Crippen MR) is 79.8 cm³/mol. The molecule has 3 fully saturated rings. The van der Waals surface area contributed by atoms with Gasteiger partial charge < -0.3 is 15.2 Å². The van der Waals surface area contributed by atoms with Crippen LogP contribution in [0.4, 0.5) is 0 Å². The van der Waals surface area contributed by atoms with Crippen LogP contribution in [0.15, 0.2) is 0 Å². The Labute approximate surface area is 122 Å². The average molecular weight is 282 g/mol. The van der Waals surface area contributed by atoms with Gasteiger partial charge in [0.1, 0.15) is 0 Å². The molecule has 1 heterocycles. The van der Waals surface area contributed by atoms with Crippen LogP contribution in [0.2, 0.25) is 0 Å². The van der Waals surface area contributed by atoms with E-state index in [4.69, 9.17) is 4.74 Å². The summed E-state index contributed by atoms with van der Waals surface area (Å²) in [6.07, 6.45) is 9.12. The molecule has 0 radical (unpaired) electrons. The van der Waals surface area contributed by atoms with E-state index >= 15 is 0 Å². The lowest BCUT2D eigenvalue weighted by molar-refractivity contribution is -0.102. The molecular formula is C16H30N2O2. The lowest BCUT2D eigenvalue weighted by Crippen LogP contribution is -2.56. The fourth-order valence-electron chi connectivity index (χ4n) is 4.70. The first-order valence-electron chi connectivity index (χ1n) is 8.51. The summed E-state index contributed by atoms with van der Waals surface area (Å²) in [5.41, 5.74) is -0.0259. The second-order valence-corrected chi connectivity index (χ2v) is 6.86. The minimum atomic E-state index is -0.0259. The first-order valence-corrected chi connectivity index (χ1v) is 8.51. The molecule has 4 heteroatoms. The summed E-state index contributed by atoms with van der Waals surface area (Å²) >= 11 is 0. The number of rotatable bonds is 4. The van der Waals surface area contributed by atoms with Gasteiger partial charge in [0, 0.05) is 24.2 Å². The SMILES string of the molecule is CCNC1(CO)CCC(N2CCOC3CCCCC32)C1. The third-order valence-corrected chi connectivity index (χ3v) is 5.68. The highest BCUT2D eigenvalue weighted by Gasteiger charge is 2.44. The fourth-order valence-corrected chi connectivity index (χ4v) is 4.70. The Kier molecular flexibility index (Phi) is 4.65. The number of morpholine rings is 1. The Hall–Kier alpha value is -0.160. The molecule has 1 saturated heterocycles. The number of nitrogens with zero attached hydrogens (tertiary/aromatic N) is 1. The molecule has 20 heavy (non-hydrogen) atoms. The molecule has 4 nitrogen and oxygen atoms in total. The van der Waals surface area contributed by atoms with Crippen LogP contribution in [-0.4, -0.2) is 60.0 Å². The zero-order valence-electron chi connectivity index (χ0n) is 12.8. The van der Waals surface area contributed by atoms with Gasteiger partial charge in [0.25, 0.3) is 0 Å². The van der Waals surface area contributed by atoms with Crippen molar-refractivity contribution in [3.8, 4) is 0 Å². The molecule has 1 aliphatic heterocycles. The molecule has 2 N–H and O–H groups in total. The van der Waals surface area contributed by atoms with Crippen molar-refractivity contribution >= 4 is 0 Å². The fraction of sp³-hybridized carbons (Fsp3) is 1.00. The van der Waals surface area contributed by atoms with Crippen molar-refractivity contribution in [1.82, 2.24) is 10.2 Å². The van der Waals surface area contributed by atoms with Gasteiger partial charge in [0.05, 0.1) is 19.3 Å². The van der Waals surface area contributed by atoms with Gasteiger partial charge in [-0.15, -0.1) is 0 Å². The summed E-state index contributed by atoms with van der Waals surface area (Å²) in [5.74, 6) is 0. The summed E-state index contributed by atoms with van der Waals surface area (Å²) in [6, 6.07) is 1.27. The molecule has 0 aromatic rings. The van der Waals surface area contributed by atoms with Gasteiger partial charge in [-0.2, -0.15) is 0 Å². The molecule has 2 aliphatic carbocycles. The van der Waals surface area contributed by atoms with Gasteiger partial charge in [-0.05, 0) is 38.6 Å². The van der Waals surface area contributed by atoms with E-state index in [0.29, 0.717) is 18.2 Å². The molecule has 0 bridgehead atoms. The van der Waals surface area contributed by atoms with Crippen LogP contribution in [0.3, 0.4) is 0 Å². The smallest absolute Gasteiger partial charge is 0.0731 e. The number of likely N-dealkylation sites (N-methyl/N-ethyl adjacent to an activating group) is 1. The highest BCUT2D eigenvalue weighted by Crippen LogP contribution is 2.38. The zero-order valence-corrected chi connectivity index (χ0v) is 12.8. The number of hydrogen-bond donors (Lipinski definition) is 2. The number of fused-ring (bicyclic) bond motifs is 1. The third kappa shape index (κ3) is 2.76. The van der Waals surface area contributed by atoms with Crippen LogP contribution in [0.5, 0.6) is 0 Å². The maximum atomic E-state index is 9.79. The van der Waals surface area contributed by atoms with Gasteiger partial charge in [-0.25, -0.2) is 0 Å². The van der Waals surface area contributed by atoms with Gasteiger partial charge >= 0.3 is 0 Å². The third-order valence-electron chi connectivity index (χ3n) is 5.68. The van der Waals surface area contributed by atoms with Gasteiger partial charge in [0.15, 0.2) is 0 Å². The summed E-state index contributed by atoms with van der Waals surface area (Å²) < 4.78 is 5.99. The zero-order chi connectivity index (χ0) is 14.0. The van der Waals surface area contributed by atoms with Gasteiger partial charge in [-0.1, -0.05) is 19.8 Å². The van der Waals surface area contributed by atoms with Crippen molar-refractivity contribution < 1.29 is 9.84 Å². The summed E-state index contributed by atoms with van der Waals surface area (Å²) in [5, 5.41) is 13.3. The number of aliphatic hydroxyl groups is 1.